The second kappa shape index (κ2) is 8.49. The van der Waals surface area contributed by atoms with Crippen molar-refractivity contribution in [1.82, 2.24) is 0 Å². The molecule has 0 saturated heterocycles. The fourth-order valence-electron chi connectivity index (χ4n) is 4.26. The predicted molar refractivity (Wildman–Crippen MR) is 110 cm³/mol. The molecule has 0 aromatic heterocycles. The van der Waals surface area contributed by atoms with E-state index in [4.69, 9.17) is 9.47 Å². The number of benzene rings is 1. The van der Waals surface area contributed by atoms with E-state index in [0.29, 0.717) is 42.9 Å². The summed E-state index contributed by atoms with van der Waals surface area (Å²) in [4.78, 5) is 30.8. The third-order valence-corrected chi connectivity index (χ3v) is 5.46. The first kappa shape index (κ1) is 21.2. The van der Waals surface area contributed by atoms with E-state index >= 15 is 0 Å². The molecule has 0 saturated carbocycles. The van der Waals surface area contributed by atoms with Gasteiger partial charge in [-0.05, 0) is 43.4 Å². The number of aliphatic imine (C=N–C) groups is 1. The summed E-state index contributed by atoms with van der Waals surface area (Å²) in [6, 6.07) is 6.74. The van der Waals surface area contributed by atoms with Crippen LogP contribution in [0.2, 0.25) is 0 Å². The van der Waals surface area contributed by atoms with Gasteiger partial charge in [-0.25, -0.2) is 0 Å². The number of rotatable bonds is 6. The number of Topliss-reactive ketones (excluding diaryl/α,β-unsaturated/α-hetero) is 1. The second-order valence-corrected chi connectivity index (χ2v) is 8.47. The van der Waals surface area contributed by atoms with Crippen molar-refractivity contribution in [3.63, 3.8) is 0 Å². The maximum absolute atomic E-state index is 13.1. The SMILES string of the molecule is CCOCCOC(=O)C1C(C)=NC2=C(C(=O)CC(C)(C)C2)[C@H]1c1cccc(O)c1. The van der Waals surface area contributed by atoms with Crippen LogP contribution in [0.15, 0.2) is 40.5 Å². The molecular formula is C23H29NO5. The zero-order chi connectivity index (χ0) is 21.2. The van der Waals surface area contributed by atoms with E-state index in [1.807, 2.05) is 13.0 Å². The Hall–Kier alpha value is -2.47. The molecule has 1 aliphatic heterocycles. The number of hydrogen-bond donors (Lipinski definition) is 1. The van der Waals surface area contributed by atoms with Crippen LogP contribution in [0.4, 0.5) is 0 Å². The summed E-state index contributed by atoms with van der Waals surface area (Å²) in [6.07, 6.45) is 1.08. The number of carbonyl (C=O) groups excluding carboxylic acids is 2. The van der Waals surface area contributed by atoms with Crippen molar-refractivity contribution in [3.8, 4) is 5.75 Å². The number of ketones is 1. The van der Waals surface area contributed by atoms with Crippen molar-refractivity contribution in [2.24, 2.45) is 16.3 Å². The largest absolute Gasteiger partial charge is 0.508 e. The first-order valence-electron chi connectivity index (χ1n) is 10.1. The number of nitrogens with zero attached hydrogens (tertiary/aromatic N) is 1. The van der Waals surface area contributed by atoms with Crippen LogP contribution in [-0.2, 0) is 19.1 Å². The third-order valence-electron chi connectivity index (χ3n) is 5.46. The van der Waals surface area contributed by atoms with Gasteiger partial charge in [-0.3, -0.25) is 14.6 Å². The zero-order valence-corrected chi connectivity index (χ0v) is 17.5. The van der Waals surface area contributed by atoms with Crippen molar-refractivity contribution < 1.29 is 24.2 Å². The van der Waals surface area contributed by atoms with Gasteiger partial charge in [0.1, 0.15) is 18.3 Å². The summed E-state index contributed by atoms with van der Waals surface area (Å²) < 4.78 is 10.7. The Labute approximate surface area is 171 Å². The molecular weight excluding hydrogens is 370 g/mol. The van der Waals surface area contributed by atoms with Crippen molar-refractivity contribution in [2.75, 3.05) is 19.8 Å². The fourth-order valence-corrected chi connectivity index (χ4v) is 4.26. The van der Waals surface area contributed by atoms with E-state index < -0.39 is 17.8 Å². The van der Waals surface area contributed by atoms with Crippen molar-refractivity contribution in [2.45, 2.75) is 46.5 Å². The third kappa shape index (κ3) is 4.58. The van der Waals surface area contributed by atoms with Crippen LogP contribution in [0.5, 0.6) is 5.75 Å². The van der Waals surface area contributed by atoms with Crippen LogP contribution in [0.25, 0.3) is 0 Å². The Bertz CT molecular complexity index is 868. The molecule has 1 aromatic rings. The first-order valence-corrected chi connectivity index (χ1v) is 10.1. The molecule has 0 fully saturated rings. The maximum Gasteiger partial charge on any atom is 0.315 e. The van der Waals surface area contributed by atoms with Crippen molar-refractivity contribution in [1.29, 1.82) is 0 Å². The highest BCUT2D eigenvalue weighted by Crippen LogP contribution is 2.48. The average Bonchev–Trinajstić information content (AvgIpc) is 2.63. The Morgan fingerprint density at radius 2 is 2.03 bits per heavy atom. The van der Waals surface area contributed by atoms with Gasteiger partial charge >= 0.3 is 5.97 Å². The molecule has 1 aliphatic carbocycles. The topological polar surface area (TPSA) is 85.2 Å². The van der Waals surface area contributed by atoms with Gasteiger partial charge in [0.15, 0.2) is 5.78 Å². The molecule has 1 N–H and O–H groups in total. The van der Waals surface area contributed by atoms with Gasteiger partial charge in [-0.15, -0.1) is 0 Å². The van der Waals surface area contributed by atoms with Crippen molar-refractivity contribution >= 4 is 17.5 Å². The quantitative estimate of drug-likeness (QED) is 0.581. The molecule has 1 heterocycles. The Balaban J connectivity index is 2.02. The van der Waals surface area contributed by atoms with E-state index in [-0.39, 0.29) is 23.6 Å². The van der Waals surface area contributed by atoms with Gasteiger partial charge in [0.25, 0.3) is 0 Å². The lowest BCUT2D eigenvalue weighted by molar-refractivity contribution is -0.148. The fraction of sp³-hybridized carbons (Fsp3) is 0.522. The molecule has 156 valence electrons. The molecule has 2 atom stereocenters. The molecule has 29 heavy (non-hydrogen) atoms. The molecule has 6 heteroatoms. The van der Waals surface area contributed by atoms with Crippen LogP contribution in [0.1, 0.15) is 52.0 Å². The monoisotopic (exact) mass is 399 g/mol. The number of hydrogen-bond acceptors (Lipinski definition) is 6. The minimum atomic E-state index is -0.706. The number of ether oxygens (including phenoxy) is 2. The number of phenols is 1. The summed E-state index contributed by atoms with van der Waals surface area (Å²) in [5, 5.41) is 10.0. The van der Waals surface area contributed by atoms with E-state index in [1.54, 1.807) is 25.1 Å². The number of aromatic hydroxyl groups is 1. The lowest BCUT2D eigenvalue weighted by Gasteiger charge is -2.39. The number of allylic oxidation sites excluding steroid dienone is 2. The van der Waals surface area contributed by atoms with Gasteiger partial charge in [0.05, 0.1) is 6.61 Å². The van der Waals surface area contributed by atoms with Crippen LogP contribution in [0.3, 0.4) is 0 Å². The standard InChI is InChI=1S/C23H29NO5/c1-5-28-9-10-29-22(27)19-14(2)24-17-12-23(3,4)13-18(26)21(17)20(19)15-7-6-8-16(25)11-15/h6-8,11,19-20,25H,5,9-10,12-13H2,1-4H3/t19?,20-/m0/s1. The highest BCUT2D eigenvalue weighted by atomic mass is 16.6. The zero-order valence-electron chi connectivity index (χ0n) is 17.5. The lowest BCUT2D eigenvalue weighted by Crippen LogP contribution is -2.39. The number of phenolic OH excluding ortho intramolecular Hbond substituents is 1. The summed E-state index contributed by atoms with van der Waals surface area (Å²) in [5.74, 6) is -1.55. The number of carbonyl (C=O) groups is 2. The molecule has 0 radical (unpaired) electrons. The van der Waals surface area contributed by atoms with Gasteiger partial charge in [-0.1, -0.05) is 26.0 Å². The Kier molecular flexibility index (Phi) is 6.22. The minimum Gasteiger partial charge on any atom is -0.508 e. The molecule has 0 bridgehead atoms. The number of esters is 1. The lowest BCUT2D eigenvalue weighted by atomic mass is 9.67. The summed E-state index contributed by atoms with van der Waals surface area (Å²) in [6.45, 7) is 8.81. The van der Waals surface area contributed by atoms with Crippen molar-refractivity contribution in [3.05, 3.63) is 41.1 Å². The Morgan fingerprint density at radius 1 is 1.28 bits per heavy atom. The highest BCUT2D eigenvalue weighted by molar-refractivity contribution is 6.09. The van der Waals surface area contributed by atoms with Crippen LogP contribution in [0, 0.1) is 11.3 Å². The highest BCUT2D eigenvalue weighted by Gasteiger charge is 2.46. The van der Waals surface area contributed by atoms with E-state index in [2.05, 4.69) is 18.8 Å². The molecule has 1 aromatic carbocycles. The summed E-state index contributed by atoms with van der Waals surface area (Å²) in [7, 11) is 0. The van der Waals surface area contributed by atoms with E-state index in [0.717, 1.165) is 5.70 Å². The van der Waals surface area contributed by atoms with Crippen LogP contribution < -0.4 is 0 Å². The molecule has 1 unspecified atom stereocenters. The van der Waals surface area contributed by atoms with Gasteiger partial charge in [0.2, 0.25) is 0 Å². The van der Waals surface area contributed by atoms with Crippen LogP contribution >= 0.6 is 0 Å². The average molecular weight is 399 g/mol. The smallest absolute Gasteiger partial charge is 0.315 e. The van der Waals surface area contributed by atoms with Gasteiger partial charge < -0.3 is 14.6 Å². The molecule has 6 nitrogen and oxygen atoms in total. The maximum atomic E-state index is 13.1. The van der Waals surface area contributed by atoms with E-state index in [1.165, 1.54) is 0 Å². The molecule has 2 aliphatic rings. The van der Waals surface area contributed by atoms with Crippen LogP contribution in [-0.4, -0.2) is 42.4 Å². The molecule has 0 amide bonds. The molecule has 3 rings (SSSR count). The molecule has 0 spiro atoms. The Morgan fingerprint density at radius 3 is 2.72 bits per heavy atom. The van der Waals surface area contributed by atoms with Gasteiger partial charge in [-0.2, -0.15) is 0 Å². The minimum absolute atomic E-state index is 0.00737. The van der Waals surface area contributed by atoms with Gasteiger partial charge in [0, 0.05) is 35.9 Å². The summed E-state index contributed by atoms with van der Waals surface area (Å²) in [5.41, 5.74) is 2.49. The first-order chi connectivity index (χ1) is 13.7. The second-order valence-electron chi connectivity index (χ2n) is 8.47. The normalized spacial score (nSPS) is 23.4. The summed E-state index contributed by atoms with van der Waals surface area (Å²) >= 11 is 0. The van der Waals surface area contributed by atoms with E-state index in [9.17, 15) is 14.7 Å². The predicted octanol–water partition coefficient (Wildman–Crippen LogP) is 3.79.